The molecule has 0 spiro atoms. The van der Waals surface area contributed by atoms with E-state index in [1.165, 1.54) is 18.2 Å². The Balaban J connectivity index is 2.17. The van der Waals surface area contributed by atoms with Crippen LogP contribution in [0, 0.1) is 5.92 Å². The van der Waals surface area contributed by atoms with Gasteiger partial charge in [0.05, 0.1) is 15.6 Å². The first kappa shape index (κ1) is 16.1. The van der Waals surface area contributed by atoms with Crippen molar-refractivity contribution in [3.05, 3.63) is 23.2 Å². The molecule has 8 heteroatoms. The molecule has 1 aliphatic heterocycles. The summed E-state index contributed by atoms with van der Waals surface area (Å²) in [4.78, 5) is 13.8. The fourth-order valence-electron chi connectivity index (χ4n) is 2.35. The van der Waals surface area contributed by atoms with Crippen LogP contribution in [0.1, 0.15) is 19.8 Å². The van der Waals surface area contributed by atoms with Crippen molar-refractivity contribution in [2.24, 2.45) is 11.1 Å². The zero-order valence-corrected chi connectivity index (χ0v) is 13.2. The standard InChI is InChI=1S/C13H18ClN3O3S/c1-9-3-2-6-17(8-9)13(18)16-12-7-10(21(15,19)20)4-5-11(12)14/h4-5,7,9H,2-3,6,8H2,1H3,(H,16,18)(H2,15,19,20). The molecule has 3 N–H and O–H groups in total. The molecule has 1 fully saturated rings. The first-order valence-electron chi connectivity index (χ1n) is 6.65. The molecular weight excluding hydrogens is 314 g/mol. The number of benzene rings is 1. The summed E-state index contributed by atoms with van der Waals surface area (Å²) in [6.07, 6.45) is 2.06. The number of piperidine rings is 1. The average Bonchev–Trinajstić information content (AvgIpc) is 2.40. The first-order valence-corrected chi connectivity index (χ1v) is 8.58. The summed E-state index contributed by atoms with van der Waals surface area (Å²) in [5, 5.41) is 7.99. The minimum Gasteiger partial charge on any atom is -0.324 e. The van der Waals surface area contributed by atoms with E-state index >= 15 is 0 Å². The number of sulfonamides is 1. The number of nitrogens with two attached hydrogens (primary N) is 1. The fourth-order valence-corrected chi connectivity index (χ4v) is 3.05. The molecular formula is C13H18ClN3O3S. The SMILES string of the molecule is CC1CCCN(C(=O)Nc2cc(S(N)(=O)=O)ccc2Cl)C1. The third kappa shape index (κ3) is 4.09. The van der Waals surface area contributed by atoms with Gasteiger partial charge in [-0.25, -0.2) is 18.4 Å². The molecule has 6 nitrogen and oxygen atoms in total. The van der Waals surface area contributed by atoms with Crippen LogP contribution in [0.2, 0.25) is 5.02 Å². The van der Waals surface area contributed by atoms with Crippen molar-refractivity contribution in [2.75, 3.05) is 18.4 Å². The number of primary sulfonamides is 1. The maximum atomic E-state index is 12.2. The molecule has 1 unspecified atom stereocenters. The minimum absolute atomic E-state index is 0.0887. The van der Waals surface area contributed by atoms with Crippen LogP contribution in [-0.4, -0.2) is 32.4 Å². The Morgan fingerprint density at radius 1 is 1.48 bits per heavy atom. The van der Waals surface area contributed by atoms with E-state index in [-0.39, 0.29) is 21.6 Å². The van der Waals surface area contributed by atoms with Gasteiger partial charge in [-0.3, -0.25) is 0 Å². The van der Waals surface area contributed by atoms with Crippen LogP contribution in [0.25, 0.3) is 0 Å². The van der Waals surface area contributed by atoms with Crippen LogP contribution < -0.4 is 10.5 Å². The van der Waals surface area contributed by atoms with Crippen molar-refractivity contribution in [3.63, 3.8) is 0 Å². The van der Waals surface area contributed by atoms with Crippen molar-refractivity contribution in [3.8, 4) is 0 Å². The molecule has 0 saturated carbocycles. The van der Waals surface area contributed by atoms with Crippen LogP contribution in [0.5, 0.6) is 0 Å². The summed E-state index contributed by atoms with van der Waals surface area (Å²) < 4.78 is 22.7. The number of anilines is 1. The summed E-state index contributed by atoms with van der Waals surface area (Å²) >= 11 is 5.99. The number of carbonyl (C=O) groups excluding carboxylic acids is 1. The molecule has 0 radical (unpaired) electrons. The summed E-state index contributed by atoms with van der Waals surface area (Å²) in [6.45, 7) is 3.45. The smallest absolute Gasteiger partial charge is 0.321 e. The lowest BCUT2D eigenvalue weighted by molar-refractivity contribution is 0.182. The monoisotopic (exact) mass is 331 g/mol. The van der Waals surface area contributed by atoms with Crippen molar-refractivity contribution >= 4 is 33.3 Å². The lowest BCUT2D eigenvalue weighted by Gasteiger charge is -2.31. The van der Waals surface area contributed by atoms with E-state index in [1.807, 2.05) is 0 Å². The normalized spacial score (nSPS) is 19.4. The van der Waals surface area contributed by atoms with Gasteiger partial charge in [0.25, 0.3) is 0 Å². The molecule has 1 atom stereocenters. The van der Waals surface area contributed by atoms with Crippen molar-refractivity contribution in [2.45, 2.75) is 24.7 Å². The van der Waals surface area contributed by atoms with Gasteiger partial charge in [-0.1, -0.05) is 18.5 Å². The highest BCUT2D eigenvalue weighted by Gasteiger charge is 2.22. The van der Waals surface area contributed by atoms with E-state index in [9.17, 15) is 13.2 Å². The molecule has 0 aromatic heterocycles. The minimum atomic E-state index is -3.84. The number of amides is 2. The summed E-state index contributed by atoms with van der Waals surface area (Å²) in [5.74, 6) is 0.454. The molecule has 0 aliphatic carbocycles. The largest absolute Gasteiger partial charge is 0.324 e. The van der Waals surface area contributed by atoms with Gasteiger partial charge in [-0.15, -0.1) is 0 Å². The maximum Gasteiger partial charge on any atom is 0.321 e. The molecule has 1 aromatic carbocycles. The maximum absolute atomic E-state index is 12.2. The lowest BCUT2D eigenvalue weighted by Crippen LogP contribution is -2.41. The summed E-state index contributed by atoms with van der Waals surface area (Å²) in [7, 11) is -3.84. The van der Waals surface area contributed by atoms with Crippen molar-refractivity contribution in [1.29, 1.82) is 0 Å². The highest BCUT2D eigenvalue weighted by atomic mass is 35.5. The molecule has 116 valence electrons. The zero-order valence-electron chi connectivity index (χ0n) is 11.7. The van der Waals surface area contributed by atoms with Gasteiger partial charge in [0.2, 0.25) is 10.0 Å². The highest BCUT2D eigenvalue weighted by molar-refractivity contribution is 7.89. The van der Waals surface area contributed by atoms with Crippen molar-refractivity contribution in [1.82, 2.24) is 4.90 Å². The van der Waals surface area contributed by atoms with E-state index in [0.717, 1.165) is 12.8 Å². The number of carbonyl (C=O) groups is 1. The second kappa shape index (κ2) is 6.21. The van der Waals surface area contributed by atoms with Crippen molar-refractivity contribution < 1.29 is 13.2 Å². The summed E-state index contributed by atoms with van der Waals surface area (Å²) in [5.41, 5.74) is 0.242. The first-order chi connectivity index (χ1) is 9.77. The number of likely N-dealkylation sites (tertiary alicyclic amines) is 1. The van der Waals surface area contributed by atoms with E-state index in [2.05, 4.69) is 12.2 Å². The Labute approximate surface area is 129 Å². The number of urea groups is 1. The Hall–Kier alpha value is -1.31. The van der Waals surface area contributed by atoms with Crippen LogP contribution >= 0.6 is 11.6 Å². The predicted octanol–water partition coefficient (Wildman–Crippen LogP) is 2.25. The third-order valence-electron chi connectivity index (χ3n) is 3.45. The van der Waals surface area contributed by atoms with E-state index < -0.39 is 10.0 Å². The van der Waals surface area contributed by atoms with Gasteiger partial charge in [0.15, 0.2) is 0 Å². The second-order valence-electron chi connectivity index (χ2n) is 5.31. The van der Waals surface area contributed by atoms with Gasteiger partial charge in [0, 0.05) is 13.1 Å². The Bertz CT molecular complexity index is 648. The Kier molecular flexibility index (Phi) is 4.75. The number of hydrogen-bond acceptors (Lipinski definition) is 3. The number of halogens is 1. The predicted molar refractivity (Wildman–Crippen MR) is 81.8 cm³/mol. The van der Waals surface area contributed by atoms with Gasteiger partial charge in [0.1, 0.15) is 0 Å². The lowest BCUT2D eigenvalue weighted by atomic mass is 10.0. The van der Waals surface area contributed by atoms with E-state index in [1.54, 1.807) is 4.90 Å². The fraction of sp³-hybridized carbons (Fsp3) is 0.462. The highest BCUT2D eigenvalue weighted by Crippen LogP contribution is 2.25. The Morgan fingerprint density at radius 2 is 2.19 bits per heavy atom. The Morgan fingerprint density at radius 3 is 2.81 bits per heavy atom. The van der Waals surface area contributed by atoms with Gasteiger partial charge in [-0.2, -0.15) is 0 Å². The van der Waals surface area contributed by atoms with Gasteiger partial charge >= 0.3 is 6.03 Å². The van der Waals surface area contributed by atoms with Gasteiger partial charge in [-0.05, 0) is 37.0 Å². The number of nitrogens with zero attached hydrogens (tertiary/aromatic N) is 1. The van der Waals surface area contributed by atoms with Crippen LogP contribution in [-0.2, 0) is 10.0 Å². The van der Waals surface area contributed by atoms with E-state index in [0.29, 0.717) is 19.0 Å². The topological polar surface area (TPSA) is 92.5 Å². The average molecular weight is 332 g/mol. The number of hydrogen-bond donors (Lipinski definition) is 2. The van der Waals surface area contributed by atoms with Gasteiger partial charge < -0.3 is 10.2 Å². The van der Waals surface area contributed by atoms with Crippen LogP contribution in [0.3, 0.4) is 0 Å². The zero-order chi connectivity index (χ0) is 15.6. The molecule has 0 bridgehead atoms. The number of rotatable bonds is 2. The molecule has 2 rings (SSSR count). The molecule has 1 saturated heterocycles. The molecule has 1 aliphatic rings. The second-order valence-corrected chi connectivity index (χ2v) is 7.28. The molecule has 1 aromatic rings. The number of nitrogens with one attached hydrogen (secondary N) is 1. The molecule has 21 heavy (non-hydrogen) atoms. The third-order valence-corrected chi connectivity index (χ3v) is 4.69. The van der Waals surface area contributed by atoms with Crippen LogP contribution in [0.15, 0.2) is 23.1 Å². The van der Waals surface area contributed by atoms with Crippen LogP contribution in [0.4, 0.5) is 10.5 Å². The van der Waals surface area contributed by atoms with E-state index in [4.69, 9.17) is 16.7 Å². The summed E-state index contributed by atoms with van der Waals surface area (Å²) in [6, 6.07) is 3.68. The quantitative estimate of drug-likeness (QED) is 0.870. The molecule has 2 amide bonds. The molecule has 1 heterocycles.